The van der Waals surface area contributed by atoms with Crippen molar-refractivity contribution in [1.82, 2.24) is 9.80 Å². The third-order valence-corrected chi connectivity index (χ3v) is 5.46. The normalized spacial score (nSPS) is 17.9. The van der Waals surface area contributed by atoms with Crippen molar-refractivity contribution in [1.29, 1.82) is 0 Å². The highest BCUT2D eigenvalue weighted by atomic mass is 32.2. The Kier molecular flexibility index (Phi) is 6.10. The summed E-state index contributed by atoms with van der Waals surface area (Å²) < 4.78 is 0. The first-order valence-corrected chi connectivity index (χ1v) is 9.26. The number of carbonyl (C=O) groups is 2. The highest BCUT2D eigenvalue weighted by Crippen LogP contribution is 2.39. The van der Waals surface area contributed by atoms with Gasteiger partial charge in [-0.15, -0.1) is 11.8 Å². The lowest BCUT2D eigenvalue weighted by molar-refractivity contribution is -0.136. The minimum atomic E-state index is -0.00855. The summed E-state index contributed by atoms with van der Waals surface area (Å²) in [6.07, 6.45) is 0. The van der Waals surface area contributed by atoms with Gasteiger partial charge in [-0.3, -0.25) is 9.59 Å². The molecular weight excluding hydrogens is 308 g/mol. The monoisotopic (exact) mass is 334 g/mol. The predicted octanol–water partition coefficient (Wildman–Crippen LogP) is 3.07. The van der Waals surface area contributed by atoms with E-state index in [1.54, 1.807) is 11.8 Å². The van der Waals surface area contributed by atoms with E-state index in [-0.39, 0.29) is 23.1 Å². The smallest absolute Gasteiger partial charge is 0.233 e. The van der Waals surface area contributed by atoms with E-state index >= 15 is 0 Å². The summed E-state index contributed by atoms with van der Waals surface area (Å²) in [6.45, 7) is 9.77. The highest BCUT2D eigenvalue weighted by molar-refractivity contribution is 8.00. The molecule has 1 aromatic rings. The molecule has 0 spiro atoms. The summed E-state index contributed by atoms with van der Waals surface area (Å²) in [5, 5.41) is 0.0663. The van der Waals surface area contributed by atoms with Gasteiger partial charge >= 0.3 is 0 Å². The Morgan fingerprint density at radius 3 is 2.70 bits per heavy atom. The van der Waals surface area contributed by atoms with Crippen LogP contribution >= 0.6 is 11.8 Å². The zero-order valence-electron chi connectivity index (χ0n) is 14.4. The van der Waals surface area contributed by atoms with E-state index in [0.29, 0.717) is 25.4 Å². The van der Waals surface area contributed by atoms with Gasteiger partial charge in [0, 0.05) is 25.6 Å². The number of likely N-dealkylation sites (N-methyl/N-ethyl adjacent to an activating group) is 1. The number of hydrogen-bond acceptors (Lipinski definition) is 3. The lowest BCUT2D eigenvalue weighted by Gasteiger charge is -2.29. The maximum absolute atomic E-state index is 12.3. The molecule has 2 amide bonds. The van der Waals surface area contributed by atoms with Gasteiger partial charge in [-0.05, 0) is 25.0 Å². The SMILES string of the molecule is CCN(CCN1C(=O)CS[C@H]1c1ccccc1C)C(=O)C(C)C. The second kappa shape index (κ2) is 7.86. The number of thioether (sulfide) groups is 1. The lowest BCUT2D eigenvalue weighted by Crippen LogP contribution is -2.41. The van der Waals surface area contributed by atoms with Crippen LogP contribution in [0.25, 0.3) is 0 Å². The number of aryl methyl sites for hydroxylation is 1. The van der Waals surface area contributed by atoms with Gasteiger partial charge in [-0.1, -0.05) is 38.1 Å². The molecule has 0 unspecified atom stereocenters. The van der Waals surface area contributed by atoms with Crippen molar-refractivity contribution < 1.29 is 9.59 Å². The molecule has 1 atom stereocenters. The molecule has 1 fully saturated rings. The topological polar surface area (TPSA) is 40.6 Å². The molecule has 4 nitrogen and oxygen atoms in total. The Hall–Kier alpha value is -1.49. The molecule has 0 radical (unpaired) electrons. The van der Waals surface area contributed by atoms with E-state index in [1.807, 2.05) is 42.7 Å². The van der Waals surface area contributed by atoms with Crippen LogP contribution in [0.15, 0.2) is 24.3 Å². The standard InChI is InChI=1S/C18H26N2O2S/c1-5-19(17(22)13(2)3)10-11-20-16(21)12-23-18(20)15-9-7-6-8-14(15)4/h6-9,13,18H,5,10-12H2,1-4H3/t18-/m0/s1. The number of nitrogens with zero attached hydrogens (tertiary/aromatic N) is 2. The molecule has 1 aliphatic heterocycles. The van der Waals surface area contributed by atoms with Crippen LogP contribution in [0, 0.1) is 12.8 Å². The van der Waals surface area contributed by atoms with Crippen LogP contribution in [0.3, 0.4) is 0 Å². The van der Waals surface area contributed by atoms with Crippen LogP contribution in [0.5, 0.6) is 0 Å². The van der Waals surface area contributed by atoms with E-state index in [0.717, 1.165) is 0 Å². The van der Waals surface area contributed by atoms with Crippen molar-refractivity contribution in [3.8, 4) is 0 Å². The Morgan fingerprint density at radius 2 is 2.09 bits per heavy atom. The first-order valence-electron chi connectivity index (χ1n) is 8.21. The van der Waals surface area contributed by atoms with Crippen LogP contribution in [0.4, 0.5) is 0 Å². The minimum absolute atomic E-state index is 0.00855. The quantitative estimate of drug-likeness (QED) is 0.803. The van der Waals surface area contributed by atoms with Crippen LogP contribution in [-0.2, 0) is 9.59 Å². The molecule has 1 saturated heterocycles. The summed E-state index contributed by atoms with van der Waals surface area (Å²) in [5.74, 6) is 0.824. The van der Waals surface area contributed by atoms with Gasteiger partial charge in [0.25, 0.3) is 0 Å². The van der Waals surface area contributed by atoms with Crippen molar-refractivity contribution in [3.05, 3.63) is 35.4 Å². The number of amides is 2. The van der Waals surface area contributed by atoms with Gasteiger partial charge in [0.2, 0.25) is 11.8 Å². The fourth-order valence-corrected chi connectivity index (χ4v) is 4.15. The van der Waals surface area contributed by atoms with Crippen LogP contribution in [0.1, 0.15) is 37.3 Å². The number of rotatable bonds is 6. The first kappa shape index (κ1) is 17.9. The molecule has 23 heavy (non-hydrogen) atoms. The van der Waals surface area contributed by atoms with E-state index in [9.17, 15) is 9.59 Å². The predicted molar refractivity (Wildman–Crippen MR) is 95.2 cm³/mol. The van der Waals surface area contributed by atoms with Gasteiger partial charge in [0.05, 0.1) is 5.75 Å². The largest absolute Gasteiger partial charge is 0.341 e. The third-order valence-electron chi connectivity index (χ3n) is 4.22. The number of benzene rings is 1. The molecule has 1 aliphatic rings. The average Bonchev–Trinajstić information content (AvgIpc) is 2.89. The van der Waals surface area contributed by atoms with E-state index < -0.39 is 0 Å². The van der Waals surface area contributed by atoms with Crippen LogP contribution in [-0.4, -0.2) is 47.0 Å². The molecule has 1 heterocycles. The van der Waals surface area contributed by atoms with Crippen molar-refractivity contribution in [3.63, 3.8) is 0 Å². The molecule has 0 N–H and O–H groups in total. The average molecular weight is 334 g/mol. The lowest BCUT2D eigenvalue weighted by atomic mass is 10.1. The van der Waals surface area contributed by atoms with E-state index in [1.165, 1.54) is 11.1 Å². The van der Waals surface area contributed by atoms with Crippen molar-refractivity contribution in [2.24, 2.45) is 5.92 Å². The maximum atomic E-state index is 12.3. The summed E-state index contributed by atoms with van der Waals surface area (Å²) in [5.41, 5.74) is 2.40. The summed E-state index contributed by atoms with van der Waals surface area (Å²) >= 11 is 1.67. The molecule has 0 saturated carbocycles. The van der Waals surface area contributed by atoms with Crippen LogP contribution < -0.4 is 0 Å². The molecule has 126 valence electrons. The van der Waals surface area contributed by atoms with Gasteiger partial charge < -0.3 is 9.80 Å². The second-order valence-corrected chi connectivity index (χ2v) is 7.25. The van der Waals surface area contributed by atoms with Gasteiger partial charge in [0.15, 0.2) is 0 Å². The Balaban J connectivity index is 2.09. The molecule has 2 rings (SSSR count). The molecule has 0 aliphatic carbocycles. The zero-order chi connectivity index (χ0) is 17.0. The Morgan fingerprint density at radius 1 is 1.39 bits per heavy atom. The fourth-order valence-electron chi connectivity index (χ4n) is 2.84. The van der Waals surface area contributed by atoms with Gasteiger partial charge in [0.1, 0.15) is 5.37 Å². The van der Waals surface area contributed by atoms with Crippen molar-refractivity contribution in [2.45, 2.75) is 33.1 Å². The summed E-state index contributed by atoms with van der Waals surface area (Å²) in [4.78, 5) is 28.2. The molecule has 1 aromatic carbocycles. The van der Waals surface area contributed by atoms with Gasteiger partial charge in [-0.2, -0.15) is 0 Å². The Labute approximate surface area is 143 Å². The maximum Gasteiger partial charge on any atom is 0.233 e. The molecular formula is C18H26N2O2S. The summed E-state index contributed by atoms with van der Waals surface area (Å²) in [6, 6.07) is 8.21. The van der Waals surface area contributed by atoms with Gasteiger partial charge in [-0.25, -0.2) is 0 Å². The fraction of sp³-hybridized carbons (Fsp3) is 0.556. The zero-order valence-corrected chi connectivity index (χ0v) is 15.2. The van der Waals surface area contributed by atoms with E-state index in [4.69, 9.17) is 0 Å². The summed E-state index contributed by atoms with van der Waals surface area (Å²) in [7, 11) is 0. The minimum Gasteiger partial charge on any atom is -0.341 e. The third kappa shape index (κ3) is 4.08. The number of carbonyl (C=O) groups excluding carboxylic acids is 2. The van der Waals surface area contributed by atoms with Crippen LogP contribution in [0.2, 0.25) is 0 Å². The Bertz CT molecular complexity index is 574. The number of hydrogen-bond donors (Lipinski definition) is 0. The van der Waals surface area contributed by atoms with Crippen molar-refractivity contribution >= 4 is 23.6 Å². The molecule has 0 bridgehead atoms. The highest BCUT2D eigenvalue weighted by Gasteiger charge is 2.33. The van der Waals surface area contributed by atoms with E-state index in [2.05, 4.69) is 19.1 Å². The van der Waals surface area contributed by atoms with Crippen molar-refractivity contribution in [2.75, 3.05) is 25.4 Å². The second-order valence-electron chi connectivity index (χ2n) is 6.18. The first-order chi connectivity index (χ1) is 11.0. The molecule has 5 heteroatoms. The molecule has 0 aromatic heterocycles.